The minimum atomic E-state index is -0.694. The number of carbonyl (C=O) groups excluding carboxylic acids is 1. The van der Waals surface area contributed by atoms with E-state index in [-0.39, 0.29) is 28.1 Å². The van der Waals surface area contributed by atoms with Gasteiger partial charge in [0.2, 0.25) is 5.95 Å². The fraction of sp³-hybridized carbons (Fsp3) is 0.462. The Labute approximate surface area is 225 Å². The number of aryl methyl sites for hydroxylation is 1. The lowest BCUT2D eigenvalue weighted by Crippen LogP contribution is -2.45. The Bertz CT molecular complexity index is 1320. The van der Waals surface area contributed by atoms with Gasteiger partial charge < -0.3 is 25.2 Å². The average molecular weight is 543 g/mol. The summed E-state index contributed by atoms with van der Waals surface area (Å²) in [6.07, 6.45) is 2.70. The van der Waals surface area contributed by atoms with Crippen LogP contribution in [0.1, 0.15) is 42.2 Å². The lowest BCUT2D eigenvalue weighted by atomic mass is 10.0. The molecule has 38 heavy (non-hydrogen) atoms. The number of aromatic nitrogens is 4. The zero-order valence-corrected chi connectivity index (χ0v) is 22.5. The lowest BCUT2D eigenvalue weighted by molar-refractivity contribution is 0.0787. The van der Waals surface area contributed by atoms with Gasteiger partial charge in [-0.3, -0.25) is 9.89 Å². The first-order chi connectivity index (χ1) is 18.3. The molecule has 4 heterocycles. The number of nitrogens with one attached hydrogen (secondary N) is 3. The molecule has 2 atom stereocenters. The quantitative estimate of drug-likeness (QED) is 0.385. The molecule has 3 aromatic rings. The highest BCUT2D eigenvalue weighted by Crippen LogP contribution is 2.35. The molecule has 1 aromatic carbocycles. The number of ether oxygens (including phenoxy) is 1. The van der Waals surface area contributed by atoms with Gasteiger partial charge >= 0.3 is 0 Å². The van der Waals surface area contributed by atoms with Gasteiger partial charge in [0.05, 0.1) is 22.7 Å². The van der Waals surface area contributed by atoms with Crippen LogP contribution in [0, 0.1) is 12.7 Å². The Morgan fingerprint density at radius 2 is 2.13 bits per heavy atom. The highest BCUT2D eigenvalue weighted by Gasteiger charge is 2.38. The van der Waals surface area contributed by atoms with E-state index in [1.54, 1.807) is 18.1 Å². The summed E-state index contributed by atoms with van der Waals surface area (Å²) in [6, 6.07) is 8.19. The summed E-state index contributed by atoms with van der Waals surface area (Å²) in [5, 5.41) is 13.8. The van der Waals surface area contributed by atoms with Gasteiger partial charge in [-0.25, -0.2) is 4.39 Å². The molecular formula is C26H32ClFN8O2. The van der Waals surface area contributed by atoms with E-state index in [1.165, 1.54) is 12.1 Å². The molecule has 2 fully saturated rings. The van der Waals surface area contributed by atoms with E-state index in [0.29, 0.717) is 43.7 Å². The molecule has 0 unspecified atom stereocenters. The monoisotopic (exact) mass is 542 g/mol. The predicted octanol–water partition coefficient (Wildman–Crippen LogP) is 4.38. The molecule has 0 saturated carbocycles. The fourth-order valence-electron chi connectivity index (χ4n) is 5.27. The van der Waals surface area contributed by atoms with Crippen molar-refractivity contribution in [1.82, 2.24) is 25.1 Å². The third kappa shape index (κ3) is 5.39. The third-order valence-corrected chi connectivity index (χ3v) is 7.44. The first-order valence-corrected chi connectivity index (χ1v) is 13.1. The Morgan fingerprint density at radius 1 is 1.29 bits per heavy atom. The summed E-state index contributed by atoms with van der Waals surface area (Å²) >= 11 is 5.88. The normalized spacial score (nSPS) is 21.2. The van der Waals surface area contributed by atoms with Crippen molar-refractivity contribution in [2.45, 2.75) is 44.7 Å². The van der Waals surface area contributed by atoms with Gasteiger partial charge in [0.1, 0.15) is 11.6 Å². The molecule has 12 heteroatoms. The number of methoxy groups -OCH3 is 1. The molecule has 10 nitrogen and oxygen atoms in total. The molecule has 2 aromatic heterocycles. The lowest BCUT2D eigenvalue weighted by Gasteiger charge is -2.35. The van der Waals surface area contributed by atoms with Gasteiger partial charge in [-0.05, 0) is 45.2 Å². The number of H-pyrrole nitrogens is 1. The first-order valence-electron chi connectivity index (χ1n) is 12.7. The molecule has 1 amide bonds. The maximum atomic E-state index is 14.4. The van der Waals surface area contributed by atoms with E-state index in [4.69, 9.17) is 26.3 Å². The van der Waals surface area contributed by atoms with Crippen LogP contribution in [0.15, 0.2) is 30.3 Å². The molecule has 5 rings (SSSR count). The minimum absolute atomic E-state index is 0.0244. The molecule has 0 aliphatic carbocycles. The summed E-state index contributed by atoms with van der Waals surface area (Å²) < 4.78 is 20.0. The maximum Gasteiger partial charge on any atom is 0.256 e. The van der Waals surface area contributed by atoms with Crippen LogP contribution in [0.25, 0.3) is 0 Å². The summed E-state index contributed by atoms with van der Waals surface area (Å²) in [5.41, 5.74) is 0.723. The van der Waals surface area contributed by atoms with E-state index in [0.717, 1.165) is 30.9 Å². The van der Waals surface area contributed by atoms with E-state index >= 15 is 0 Å². The van der Waals surface area contributed by atoms with Crippen LogP contribution in [-0.2, 0) is 4.74 Å². The van der Waals surface area contributed by atoms with E-state index < -0.39 is 5.82 Å². The summed E-state index contributed by atoms with van der Waals surface area (Å²) in [4.78, 5) is 26.4. The van der Waals surface area contributed by atoms with Crippen LogP contribution in [0.5, 0.6) is 0 Å². The van der Waals surface area contributed by atoms with Crippen LogP contribution >= 0.6 is 11.6 Å². The van der Waals surface area contributed by atoms with Crippen LogP contribution in [0.3, 0.4) is 0 Å². The van der Waals surface area contributed by atoms with E-state index in [2.05, 4.69) is 32.7 Å². The maximum absolute atomic E-state index is 14.4. The number of likely N-dealkylation sites (tertiary alicyclic amines) is 1. The van der Waals surface area contributed by atoms with E-state index in [9.17, 15) is 9.18 Å². The van der Waals surface area contributed by atoms with Gasteiger partial charge in [0.15, 0.2) is 11.6 Å². The summed E-state index contributed by atoms with van der Waals surface area (Å²) in [5.74, 6) is 1.40. The molecule has 0 radical (unpaired) electrons. The first kappa shape index (κ1) is 26.2. The van der Waals surface area contributed by atoms with Crippen molar-refractivity contribution in [1.29, 1.82) is 0 Å². The number of hydrogen-bond donors (Lipinski definition) is 3. The Kier molecular flexibility index (Phi) is 7.40. The Morgan fingerprint density at radius 3 is 2.89 bits per heavy atom. The number of carbonyl (C=O) groups is 1. The van der Waals surface area contributed by atoms with Crippen molar-refractivity contribution < 1.29 is 13.9 Å². The molecule has 0 bridgehead atoms. The largest absolute Gasteiger partial charge is 0.382 e. The van der Waals surface area contributed by atoms with Crippen LogP contribution in [0.2, 0.25) is 5.02 Å². The molecule has 2 saturated heterocycles. The average Bonchev–Trinajstić information content (AvgIpc) is 3.61. The molecule has 202 valence electrons. The topological polar surface area (TPSA) is 111 Å². The number of nitrogens with zero attached hydrogens (tertiary/aromatic N) is 5. The minimum Gasteiger partial charge on any atom is -0.382 e. The fourth-order valence-corrected chi connectivity index (χ4v) is 5.45. The zero-order valence-electron chi connectivity index (χ0n) is 21.7. The van der Waals surface area contributed by atoms with Crippen molar-refractivity contribution in [3.8, 4) is 0 Å². The van der Waals surface area contributed by atoms with Crippen molar-refractivity contribution in [3.63, 3.8) is 0 Å². The van der Waals surface area contributed by atoms with Gasteiger partial charge in [0.25, 0.3) is 5.91 Å². The van der Waals surface area contributed by atoms with Crippen LogP contribution in [0.4, 0.5) is 27.8 Å². The summed E-state index contributed by atoms with van der Waals surface area (Å²) in [6.45, 7) is 6.43. The SMILES string of the molecule is COC[C@@]1(C)CCCN1c1cc(Nc2cc(C)[nH]n2)nc(N[C@H]2CCN(C(=O)c3cccc(Cl)c3F)C2)n1. The highest BCUT2D eigenvalue weighted by molar-refractivity contribution is 6.31. The zero-order chi connectivity index (χ0) is 26.9. The van der Waals surface area contributed by atoms with Gasteiger partial charge in [-0.15, -0.1) is 0 Å². The van der Waals surface area contributed by atoms with Gasteiger partial charge in [-0.1, -0.05) is 17.7 Å². The number of hydrogen-bond acceptors (Lipinski definition) is 8. The Hall–Kier alpha value is -3.44. The summed E-state index contributed by atoms with van der Waals surface area (Å²) in [7, 11) is 1.71. The van der Waals surface area contributed by atoms with Crippen LogP contribution in [-0.4, -0.2) is 75.9 Å². The number of anilines is 4. The number of aromatic amines is 1. The van der Waals surface area contributed by atoms with Crippen molar-refractivity contribution in [2.75, 3.05) is 48.9 Å². The van der Waals surface area contributed by atoms with Crippen molar-refractivity contribution >= 4 is 40.9 Å². The van der Waals surface area contributed by atoms with E-state index in [1.807, 2.05) is 19.1 Å². The van der Waals surface area contributed by atoms with Crippen LogP contribution < -0.4 is 15.5 Å². The second-order valence-corrected chi connectivity index (χ2v) is 10.6. The Balaban J connectivity index is 1.37. The van der Waals surface area contributed by atoms with Gasteiger partial charge in [0, 0.05) is 50.6 Å². The van der Waals surface area contributed by atoms with Crippen molar-refractivity contribution in [2.24, 2.45) is 0 Å². The van der Waals surface area contributed by atoms with Crippen molar-refractivity contribution in [3.05, 3.63) is 52.4 Å². The molecule has 2 aliphatic rings. The molecular weight excluding hydrogens is 511 g/mol. The number of amides is 1. The van der Waals surface area contributed by atoms with Gasteiger partial charge in [-0.2, -0.15) is 15.1 Å². The highest BCUT2D eigenvalue weighted by atomic mass is 35.5. The third-order valence-electron chi connectivity index (χ3n) is 7.15. The number of halogens is 2. The number of rotatable bonds is 8. The molecule has 2 aliphatic heterocycles. The second-order valence-electron chi connectivity index (χ2n) is 10.2. The predicted molar refractivity (Wildman–Crippen MR) is 145 cm³/mol. The smallest absolute Gasteiger partial charge is 0.256 e. The molecule has 3 N–H and O–H groups in total. The molecule has 0 spiro atoms. The number of benzene rings is 1. The standard InChI is InChI=1S/C26H32ClFN8O2/c1-16-12-21(34-33-16)30-20-13-22(36-10-5-9-26(36,2)15-38-3)32-25(31-20)29-17-8-11-35(14-17)24(37)18-6-4-7-19(27)23(18)28/h4,6-7,12-13,17H,5,8-11,14-15H2,1-3H3,(H3,29,30,31,32,33,34)/t17-,26+/m0/s1. The second kappa shape index (κ2) is 10.7.